The van der Waals surface area contributed by atoms with E-state index < -0.39 is 0 Å². The molecule has 3 rings (SSSR count). The van der Waals surface area contributed by atoms with Crippen molar-refractivity contribution in [2.24, 2.45) is 5.92 Å². The molecule has 0 saturated carbocycles. The molecule has 2 aromatic rings. The number of nitrogens with zero attached hydrogens (tertiary/aromatic N) is 1. The molecule has 26 heavy (non-hydrogen) atoms. The number of morpholine rings is 1. The molecule has 1 unspecified atom stereocenters. The Labute approximate surface area is 158 Å². The Hall–Kier alpha value is -1.92. The summed E-state index contributed by atoms with van der Waals surface area (Å²) in [5.41, 5.74) is 0.907. The van der Waals surface area contributed by atoms with Gasteiger partial charge in [0.1, 0.15) is 6.10 Å². The second-order valence-electron chi connectivity index (χ2n) is 7.27. The molecule has 2 heterocycles. The third-order valence-corrected chi connectivity index (χ3v) is 5.64. The van der Waals surface area contributed by atoms with E-state index in [1.807, 2.05) is 56.9 Å². The van der Waals surface area contributed by atoms with E-state index in [4.69, 9.17) is 4.74 Å². The highest BCUT2D eigenvalue weighted by atomic mass is 32.1. The van der Waals surface area contributed by atoms with Crippen LogP contribution < -0.4 is 5.32 Å². The maximum atomic E-state index is 12.8. The van der Waals surface area contributed by atoms with Crippen LogP contribution in [0.2, 0.25) is 0 Å². The van der Waals surface area contributed by atoms with Crippen molar-refractivity contribution in [1.82, 2.24) is 10.2 Å². The predicted octanol–water partition coefficient (Wildman–Crippen LogP) is 3.60. The van der Waals surface area contributed by atoms with Crippen LogP contribution in [0, 0.1) is 5.92 Å². The predicted molar refractivity (Wildman–Crippen MR) is 105 cm³/mol. The number of nitrogens with one attached hydrogen (secondary N) is 1. The molecule has 1 fully saturated rings. The molecule has 1 aromatic carbocycles. The summed E-state index contributed by atoms with van der Waals surface area (Å²) < 4.78 is 7.08. The van der Waals surface area contributed by atoms with Crippen LogP contribution in [0.1, 0.15) is 49.0 Å². The summed E-state index contributed by atoms with van der Waals surface area (Å²) in [5.74, 6) is 0.00908. The molecule has 0 bridgehead atoms. The third kappa shape index (κ3) is 3.76. The van der Waals surface area contributed by atoms with Gasteiger partial charge in [-0.1, -0.05) is 32.0 Å². The Kier molecular flexibility index (Phi) is 5.63. The third-order valence-electron chi connectivity index (χ3n) is 4.45. The second kappa shape index (κ2) is 7.76. The largest absolute Gasteiger partial charge is 0.370 e. The maximum Gasteiger partial charge on any atom is 0.261 e. The Morgan fingerprint density at radius 1 is 1.23 bits per heavy atom. The molecule has 0 aliphatic carbocycles. The topological polar surface area (TPSA) is 58.6 Å². The van der Waals surface area contributed by atoms with Crippen molar-refractivity contribution in [3.05, 3.63) is 34.7 Å². The highest BCUT2D eigenvalue weighted by molar-refractivity contribution is 7.21. The summed E-state index contributed by atoms with van der Waals surface area (Å²) >= 11 is 1.49. The summed E-state index contributed by atoms with van der Waals surface area (Å²) in [4.78, 5) is 27.8. The number of amides is 2. The summed E-state index contributed by atoms with van der Waals surface area (Å²) in [5, 5.41) is 4.02. The van der Waals surface area contributed by atoms with Crippen LogP contribution in [0.3, 0.4) is 0 Å². The van der Waals surface area contributed by atoms with Gasteiger partial charge in [-0.15, -0.1) is 11.3 Å². The van der Waals surface area contributed by atoms with Crippen molar-refractivity contribution in [2.45, 2.75) is 39.8 Å². The number of hydrogen-bond donors (Lipinski definition) is 1. The Morgan fingerprint density at radius 2 is 1.96 bits per heavy atom. The molecule has 1 saturated heterocycles. The fourth-order valence-corrected chi connectivity index (χ4v) is 4.43. The Morgan fingerprint density at radius 3 is 2.65 bits per heavy atom. The van der Waals surface area contributed by atoms with E-state index in [0.29, 0.717) is 24.6 Å². The fraction of sp³-hybridized carbons (Fsp3) is 0.500. The minimum Gasteiger partial charge on any atom is -0.370 e. The molecule has 1 N–H and O–H groups in total. The first kappa shape index (κ1) is 18.9. The van der Waals surface area contributed by atoms with Gasteiger partial charge >= 0.3 is 0 Å². The number of thiophene rings is 1. The quantitative estimate of drug-likeness (QED) is 0.890. The van der Waals surface area contributed by atoms with Crippen LogP contribution in [0.15, 0.2) is 24.3 Å². The molecule has 2 amide bonds. The lowest BCUT2D eigenvalue weighted by atomic mass is 10.0. The first-order valence-corrected chi connectivity index (χ1v) is 9.92. The number of ether oxygens (including phenoxy) is 1. The lowest BCUT2D eigenvalue weighted by Gasteiger charge is -2.34. The Bertz CT molecular complexity index is 812. The summed E-state index contributed by atoms with van der Waals surface area (Å²) in [6, 6.07) is 8.06. The number of hydrogen-bond acceptors (Lipinski definition) is 4. The molecule has 140 valence electrons. The van der Waals surface area contributed by atoms with E-state index in [9.17, 15) is 9.59 Å². The monoisotopic (exact) mass is 374 g/mol. The van der Waals surface area contributed by atoms with Crippen LogP contribution in [0.5, 0.6) is 0 Å². The van der Waals surface area contributed by atoms with Crippen LogP contribution in [0.25, 0.3) is 10.1 Å². The first-order chi connectivity index (χ1) is 12.4. The minimum atomic E-state index is -0.282. The van der Waals surface area contributed by atoms with Crippen molar-refractivity contribution in [1.29, 1.82) is 0 Å². The van der Waals surface area contributed by atoms with Crippen molar-refractivity contribution in [2.75, 3.05) is 19.7 Å². The van der Waals surface area contributed by atoms with Gasteiger partial charge in [0.2, 0.25) is 5.91 Å². The molecule has 1 aromatic heterocycles. The van der Waals surface area contributed by atoms with Crippen molar-refractivity contribution < 1.29 is 14.3 Å². The fourth-order valence-electron chi connectivity index (χ4n) is 3.27. The summed E-state index contributed by atoms with van der Waals surface area (Å²) in [7, 11) is 0. The van der Waals surface area contributed by atoms with E-state index in [1.165, 1.54) is 11.3 Å². The molecule has 0 radical (unpaired) electrons. The lowest BCUT2D eigenvalue weighted by molar-refractivity contribution is -0.142. The minimum absolute atomic E-state index is 0.0447. The molecule has 1 aliphatic heterocycles. The first-order valence-electron chi connectivity index (χ1n) is 9.11. The zero-order chi connectivity index (χ0) is 18.8. The lowest BCUT2D eigenvalue weighted by Crippen LogP contribution is -2.44. The zero-order valence-electron chi connectivity index (χ0n) is 15.7. The second-order valence-corrected chi connectivity index (χ2v) is 8.32. The number of carbonyl (C=O) groups is 2. The van der Waals surface area contributed by atoms with Gasteiger partial charge in [-0.25, -0.2) is 0 Å². The van der Waals surface area contributed by atoms with Gasteiger partial charge in [-0.05, 0) is 25.3 Å². The van der Waals surface area contributed by atoms with E-state index in [2.05, 4.69) is 5.32 Å². The van der Waals surface area contributed by atoms with E-state index in [1.54, 1.807) is 0 Å². The molecule has 6 heteroatoms. The molecule has 0 spiro atoms. The van der Waals surface area contributed by atoms with Crippen LogP contribution in [-0.2, 0) is 9.53 Å². The van der Waals surface area contributed by atoms with Gasteiger partial charge < -0.3 is 15.0 Å². The van der Waals surface area contributed by atoms with Crippen molar-refractivity contribution in [3.8, 4) is 0 Å². The number of benzene rings is 1. The molecule has 1 atom stereocenters. The summed E-state index contributed by atoms with van der Waals surface area (Å²) in [6.45, 7) is 9.29. The normalized spacial score (nSPS) is 17.9. The standard InChI is InChI=1S/C20H26N2O3S/c1-12(2)20(24)22-9-10-25-15(11-22)17-14-7-5-6-8-16(14)26-18(17)19(23)21-13(3)4/h5-8,12-13,15H,9-11H2,1-4H3,(H,21,23). The van der Waals surface area contributed by atoms with Gasteiger partial charge in [0, 0.05) is 28.8 Å². The average molecular weight is 375 g/mol. The number of rotatable bonds is 4. The summed E-state index contributed by atoms with van der Waals surface area (Å²) in [6.07, 6.45) is -0.282. The van der Waals surface area contributed by atoms with Gasteiger partial charge in [0.05, 0.1) is 18.0 Å². The van der Waals surface area contributed by atoms with Crippen molar-refractivity contribution >= 4 is 33.2 Å². The Balaban J connectivity index is 1.99. The van der Waals surface area contributed by atoms with Crippen LogP contribution in [-0.4, -0.2) is 42.5 Å². The average Bonchev–Trinajstić information content (AvgIpc) is 3.00. The van der Waals surface area contributed by atoms with E-state index in [-0.39, 0.29) is 29.9 Å². The van der Waals surface area contributed by atoms with Gasteiger partial charge in [0.15, 0.2) is 0 Å². The SMILES string of the molecule is CC(C)NC(=O)c1sc2ccccc2c1C1CN(C(=O)C(C)C)CCO1. The number of carbonyl (C=O) groups excluding carboxylic acids is 2. The smallest absolute Gasteiger partial charge is 0.261 e. The maximum absolute atomic E-state index is 12.8. The van der Waals surface area contributed by atoms with Gasteiger partial charge in [-0.2, -0.15) is 0 Å². The van der Waals surface area contributed by atoms with Gasteiger partial charge in [0.25, 0.3) is 5.91 Å². The molecule has 5 nitrogen and oxygen atoms in total. The molecular formula is C20H26N2O3S. The molecule has 1 aliphatic rings. The zero-order valence-corrected chi connectivity index (χ0v) is 16.6. The van der Waals surface area contributed by atoms with Crippen molar-refractivity contribution in [3.63, 3.8) is 0 Å². The van der Waals surface area contributed by atoms with Gasteiger partial charge in [-0.3, -0.25) is 9.59 Å². The van der Waals surface area contributed by atoms with E-state index >= 15 is 0 Å². The van der Waals surface area contributed by atoms with Crippen LogP contribution >= 0.6 is 11.3 Å². The molecular weight excluding hydrogens is 348 g/mol. The highest BCUT2D eigenvalue weighted by Gasteiger charge is 2.32. The number of fused-ring (bicyclic) bond motifs is 1. The van der Waals surface area contributed by atoms with E-state index in [0.717, 1.165) is 15.6 Å². The highest BCUT2D eigenvalue weighted by Crippen LogP contribution is 2.38. The van der Waals surface area contributed by atoms with Crippen LogP contribution in [0.4, 0.5) is 0 Å².